The number of hydrogen-bond donors (Lipinski definition) is 2. The molecule has 1 saturated heterocycles. The third-order valence-electron chi connectivity index (χ3n) is 4.86. The molecule has 7 nitrogen and oxygen atoms in total. The molecule has 0 spiro atoms. The highest BCUT2D eigenvalue weighted by Crippen LogP contribution is 2.32. The van der Waals surface area contributed by atoms with Gasteiger partial charge in [0, 0.05) is 48.9 Å². The lowest BCUT2D eigenvalue weighted by Gasteiger charge is -2.29. The van der Waals surface area contributed by atoms with Gasteiger partial charge in [0.25, 0.3) is 5.91 Å². The number of carbonyl (C=O) groups excluding carboxylic acids is 1. The third kappa shape index (κ3) is 4.41. The molecule has 0 radical (unpaired) electrons. The quantitative estimate of drug-likeness (QED) is 0.661. The first-order valence-corrected chi connectivity index (χ1v) is 9.19. The zero-order valence-corrected chi connectivity index (χ0v) is 17.2. The first kappa shape index (κ1) is 20.8. The molecular formula is C21H24ClN3O4. The summed E-state index contributed by atoms with van der Waals surface area (Å²) in [5.74, 6) is 0.902. The van der Waals surface area contributed by atoms with Crippen LogP contribution >= 0.6 is 12.4 Å². The standard InChI is InChI=1S/C21H23N3O4.ClH/c1-26-17-10-15(11-18(13-17)27-2)21(25)23-16-9-14-3-8-28-20(14)19(12-16)24-6-4-22-5-7-24;/h3,8-13,22H,4-7H2,1-2H3,(H,23,25);1H. The number of nitrogens with one attached hydrogen (secondary N) is 2. The fourth-order valence-corrected chi connectivity index (χ4v) is 3.42. The van der Waals surface area contributed by atoms with Gasteiger partial charge in [0.2, 0.25) is 0 Å². The normalized spacial score (nSPS) is 13.7. The van der Waals surface area contributed by atoms with E-state index in [9.17, 15) is 4.79 Å². The molecule has 0 atom stereocenters. The van der Waals surface area contributed by atoms with E-state index in [1.165, 1.54) is 0 Å². The van der Waals surface area contributed by atoms with Gasteiger partial charge in [0.05, 0.1) is 26.2 Å². The van der Waals surface area contributed by atoms with Crippen LogP contribution < -0.4 is 25.0 Å². The number of hydrogen-bond acceptors (Lipinski definition) is 6. The number of nitrogens with zero attached hydrogens (tertiary/aromatic N) is 1. The van der Waals surface area contributed by atoms with E-state index in [1.807, 2.05) is 18.2 Å². The third-order valence-corrected chi connectivity index (χ3v) is 4.86. The molecule has 1 aliphatic heterocycles. The highest BCUT2D eigenvalue weighted by molar-refractivity contribution is 6.06. The van der Waals surface area contributed by atoms with Gasteiger partial charge in [-0.1, -0.05) is 0 Å². The van der Waals surface area contributed by atoms with Gasteiger partial charge in [0.1, 0.15) is 11.5 Å². The Morgan fingerprint density at radius 1 is 1.07 bits per heavy atom. The SMILES string of the molecule is COc1cc(OC)cc(C(=O)Nc2cc(N3CCNCC3)c3occc3c2)c1.Cl. The lowest BCUT2D eigenvalue weighted by Crippen LogP contribution is -2.43. The van der Waals surface area contributed by atoms with E-state index >= 15 is 0 Å². The van der Waals surface area contributed by atoms with Crippen molar-refractivity contribution >= 4 is 40.7 Å². The predicted octanol–water partition coefficient (Wildman–Crippen LogP) is 3.53. The molecule has 0 aliphatic carbocycles. The second kappa shape index (κ2) is 9.07. The Kier molecular flexibility index (Phi) is 6.51. The van der Waals surface area contributed by atoms with Crippen LogP contribution in [0.2, 0.25) is 0 Å². The van der Waals surface area contributed by atoms with Crippen molar-refractivity contribution in [3.05, 3.63) is 48.2 Å². The van der Waals surface area contributed by atoms with Crippen molar-refractivity contribution in [1.29, 1.82) is 0 Å². The zero-order chi connectivity index (χ0) is 19.5. The summed E-state index contributed by atoms with van der Waals surface area (Å²) in [6.07, 6.45) is 1.68. The number of carbonyl (C=O) groups is 1. The van der Waals surface area contributed by atoms with Crippen LogP contribution in [-0.2, 0) is 0 Å². The molecule has 29 heavy (non-hydrogen) atoms. The van der Waals surface area contributed by atoms with E-state index < -0.39 is 0 Å². The van der Waals surface area contributed by atoms with Crippen molar-refractivity contribution in [3.63, 3.8) is 0 Å². The first-order chi connectivity index (χ1) is 13.7. The monoisotopic (exact) mass is 417 g/mol. The number of ether oxygens (including phenoxy) is 2. The summed E-state index contributed by atoms with van der Waals surface area (Å²) >= 11 is 0. The summed E-state index contributed by atoms with van der Waals surface area (Å²) in [5.41, 5.74) is 3.01. The molecule has 3 aromatic rings. The Balaban J connectivity index is 0.00000240. The van der Waals surface area contributed by atoms with E-state index in [0.29, 0.717) is 22.7 Å². The van der Waals surface area contributed by atoms with Crippen LogP contribution in [0.4, 0.5) is 11.4 Å². The van der Waals surface area contributed by atoms with Crippen LogP contribution in [0.15, 0.2) is 47.1 Å². The minimum Gasteiger partial charge on any atom is -0.497 e. The summed E-state index contributed by atoms with van der Waals surface area (Å²) in [7, 11) is 3.12. The van der Waals surface area contributed by atoms with E-state index in [-0.39, 0.29) is 18.3 Å². The Morgan fingerprint density at radius 3 is 2.41 bits per heavy atom. The molecule has 4 rings (SSSR count). The second-order valence-corrected chi connectivity index (χ2v) is 6.63. The van der Waals surface area contributed by atoms with E-state index in [4.69, 9.17) is 13.9 Å². The van der Waals surface area contributed by atoms with E-state index in [1.54, 1.807) is 38.7 Å². The molecule has 0 saturated carbocycles. The molecule has 2 N–H and O–H groups in total. The number of amides is 1. The summed E-state index contributed by atoms with van der Waals surface area (Å²) in [5, 5.41) is 7.29. The number of furan rings is 1. The summed E-state index contributed by atoms with van der Waals surface area (Å²) in [4.78, 5) is 15.1. The van der Waals surface area contributed by atoms with Crippen LogP contribution in [0.5, 0.6) is 11.5 Å². The van der Waals surface area contributed by atoms with Crippen molar-refractivity contribution in [2.24, 2.45) is 0 Å². The smallest absolute Gasteiger partial charge is 0.255 e. The van der Waals surface area contributed by atoms with Gasteiger partial charge in [-0.3, -0.25) is 4.79 Å². The molecule has 1 aromatic heterocycles. The van der Waals surface area contributed by atoms with Crippen LogP contribution in [0, 0.1) is 0 Å². The largest absolute Gasteiger partial charge is 0.497 e. The maximum Gasteiger partial charge on any atom is 0.255 e. The summed E-state index contributed by atoms with van der Waals surface area (Å²) < 4.78 is 16.2. The number of benzene rings is 2. The fraction of sp³-hybridized carbons (Fsp3) is 0.286. The minimum absolute atomic E-state index is 0. The van der Waals surface area contributed by atoms with Crippen molar-refractivity contribution in [3.8, 4) is 11.5 Å². The molecule has 154 valence electrons. The molecule has 2 heterocycles. The second-order valence-electron chi connectivity index (χ2n) is 6.63. The summed E-state index contributed by atoms with van der Waals surface area (Å²) in [6.45, 7) is 3.62. The molecule has 0 unspecified atom stereocenters. The zero-order valence-electron chi connectivity index (χ0n) is 16.4. The highest BCUT2D eigenvalue weighted by Gasteiger charge is 2.18. The molecule has 8 heteroatoms. The number of piperazine rings is 1. The van der Waals surface area contributed by atoms with E-state index in [0.717, 1.165) is 42.8 Å². The van der Waals surface area contributed by atoms with Gasteiger partial charge in [-0.25, -0.2) is 0 Å². The fourth-order valence-electron chi connectivity index (χ4n) is 3.42. The summed E-state index contributed by atoms with van der Waals surface area (Å²) in [6, 6.07) is 10.9. The van der Waals surface area contributed by atoms with Crippen molar-refractivity contribution < 1.29 is 18.7 Å². The number of halogens is 1. The van der Waals surface area contributed by atoms with Crippen molar-refractivity contribution in [2.75, 3.05) is 50.6 Å². The maximum atomic E-state index is 12.8. The number of anilines is 2. The lowest BCUT2D eigenvalue weighted by molar-refractivity contribution is 0.102. The van der Waals surface area contributed by atoms with Crippen molar-refractivity contribution in [1.82, 2.24) is 5.32 Å². The van der Waals surface area contributed by atoms with Gasteiger partial charge in [0.15, 0.2) is 5.58 Å². The maximum absolute atomic E-state index is 12.8. The van der Waals surface area contributed by atoms with Gasteiger partial charge in [-0.15, -0.1) is 12.4 Å². The van der Waals surface area contributed by atoms with Crippen LogP contribution in [0.1, 0.15) is 10.4 Å². The molecule has 0 bridgehead atoms. The first-order valence-electron chi connectivity index (χ1n) is 9.19. The molecule has 2 aromatic carbocycles. The molecular weight excluding hydrogens is 394 g/mol. The van der Waals surface area contributed by atoms with Crippen LogP contribution in [0.3, 0.4) is 0 Å². The lowest BCUT2D eigenvalue weighted by atomic mass is 10.1. The van der Waals surface area contributed by atoms with Gasteiger partial charge >= 0.3 is 0 Å². The number of rotatable bonds is 5. The minimum atomic E-state index is -0.230. The topological polar surface area (TPSA) is 76.0 Å². The average Bonchev–Trinajstić information content (AvgIpc) is 3.22. The molecule has 1 amide bonds. The van der Waals surface area contributed by atoms with Crippen molar-refractivity contribution in [2.45, 2.75) is 0 Å². The Labute approximate surface area is 175 Å². The Morgan fingerprint density at radius 2 is 1.76 bits per heavy atom. The van der Waals surface area contributed by atoms with Gasteiger partial charge in [-0.2, -0.15) is 0 Å². The van der Waals surface area contributed by atoms with Gasteiger partial charge < -0.3 is 29.4 Å². The van der Waals surface area contributed by atoms with Crippen LogP contribution in [-0.4, -0.2) is 46.3 Å². The number of methoxy groups -OCH3 is 2. The van der Waals surface area contributed by atoms with Gasteiger partial charge in [-0.05, 0) is 30.3 Å². The number of fused-ring (bicyclic) bond motifs is 1. The Hall–Kier alpha value is -2.90. The predicted molar refractivity (Wildman–Crippen MR) is 116 cm³/mol. The van der Waals surface area contributed by atoms with E-state index in [2.05, 4.69) is 15.5 Å². The average molecular weight is 418 g/mol. The van der Waals surface area contributed by atoms with Crippen LogP contribution in [0.25, 0.3) is 11.0 Å². The molecule has 1 fully saturated rings. The Bertz CT molecular complexity index is 977. The highest BCUT2D eigenvalue weighted by atomic mass is 35.5. The molecule has 1 aliphatic rings.